The summed E-state index contributed by atoms with van der Waals surface area (Å²) in [4.78, 5) is 11.6. The first kappa shape index (κ1) is 15.2. The summed E-state index contributed by atoms with van der Waals surface area (Å²) in [7, 11) is 1.60. The van der Waals surface area contributed by atoms with Crippen LogP contribution in [0.2, 0.25) is 0 Å². The van der Waals surface area contributed by atoms with Crippen LogP contribution in [0.5, 0.6) is 5.75 Å². The summed E-state index contributed by atoms with van der Waals surface area (Å²) in [5.41, 5.74) is 0.0242. The molecule has 0 aliphatic rings. The Balaban J connectivity index is 2.54. The number of rotatable bonds is 6. The number of hydrogen-bond donors (Lipinski definition) is 2. The maximum Gasteiger partial charge on any atom is 0.244 e. The molecule has 1 aromatic rings. The zero-order chi connectivity index (χ0) is 14.3. The van der Waals surface area contributed by atoms with Gasteiger partial charge < -0.3 is 15.2 Å². The Bertz CT molecular complexity index is 452. The normalized spacial score (nSPS) is 14.1. The van der Waals surface area contributed by atoms with E-state index in [0.29, 0.717) is 6.42 Å². The van der Waals surface area contributed by atoms with Gasteiger partial charge in [0.2, 0.25) is 5.91 Å². The van der Waals surface area contributed by atoms with Crippen LogP contribution in [0.15, 0.2) is 30.3 Å². The van der Waals surface area contributed by atoms with Crippen molar-refractivity contribution in [2.75, 3.05) is 13.7 Å². The molecule has 1 aromatic carbocycles. The summed E-state index contributed by atoms with van der Waals surface area (Å²) in [6.45, 7) is 3.81. The van der Waals surface area contributed by atoms with Gasteiger partial charge >= 0.3 is 0 Å². The smallest absolute Gasteiger partial charge is 0.244 e. The minimum absolute atomic E-state index is 0.225. The Labute approximate surface area is 114 Å². The fraction of sp³-hybridized carbons (Fsp3) is 0.400. The third-order valence-electron chi connectivity index (χ3n) is 2.93. The lowest BCUT2D eigenvalue weighted by molar-refractivity contribution is -0.117. The highest BCUT2D eigenvalue weighted by Crippen LogP contribution is 2.13. The molecule has 0 saturated heterocycles. The second kappa shape index (κ2) is 6.95. The molecular weight excluding hydrogens is 242 g/mol. The molecule has 0 aromatic heterocycles. The summed E-state index contributed by atoms with van der Waals surface area (Å²) in [5, 5.41) is 12.4. The Morgan fingerprint density at radius 2 is 2.26 bits per heavy atom. The Morgan fingerprint density at radius 3 is 2.89 bits per heavy atom. The molecular formula is C15H21NO3. The summed E-state index contributed by atoms with van der Waals surface area (Å²) in [5.74, 6) is 0.521. The van der Waals surface area contributed by atoms with Crippen LogP contribution < -0.4 is 10.1 Å². The van der Waals surface area contributed by atoms with E-state index in [1.165, 1.54) is 6.08 Å². The predicted molar refractivity (Wildman–Crippen MR) is 76.0 cm³/mol. The highest BCUT2D eigenvalue weighted by atomic mass is 16.5. The van der Waals surface area contributed by atoms with Crippen LogP contribution in [0.4, 0.5) is 0 Å². The first-order chi connectivity index (χ1) is 8.96. The molecule has 19 heavy (non-hydrogen) atoms. The molecule has 0 aliphatic carbocycles. The average molecular weight is 263 g/mol. The Hall–Kier alpha value is -1.81. The quantitative estimate of drug-likeness (QED) is 0.772. The van der Waals surface area contributed by atoms with Crippen LogP contribution in [-0.4, -0.2) is 30.3 Å². The number of nitrogens with one attached hydrogen (secondary N) is 1. The van der Waals surface area contributed by atoms with Crippen LogP contribution in [0.25, 0.3) is 6.08 Å². The van der Waals surface area contributed by atoms with Gasteiger partial charge in [0.1, 0.15) is 5.75 Å². The van der Waals surface area contributed by atoms with Crippen LogP contribution >= 0.6 is 0 Å². The van der Waals surface area contributed by atoms with Gasteiger partial charge in [0.15, 0.2) is 0 Å². The molecule has 4 nitrogen and oxygen atoms in total. The van der Waals surface area contributed by atoms with Crippen molar-refractivity contribution < 1.29 is 14.6 Å². The summed E-state index contributed by atoms with van der Waals surface area (Å²) < 4.78 is 5.10. The third kappa shape index (κ3) is 5.57. The number of aliphatic hydroxyl groups is 1. The van der Waals surface area contributed by atoms with E-state index in [4.69, 9.17) is 4.74 Å². The van der Waals surface area contributed by atoms with Gasteiger partial charge in [-0.25, -0.2) is 0 Å². The van der Waals surface area contributed by atoms with E-state index in [1.54, 1.807) is 20.1 Å². The topological polar surface area (TPSA) is 58.6 Å². The molecule has 0 heterocycles. The Kier molecular flexibility index (Phi) is 5.57. The molecule has 0 fully saturated rings. The van der Waals surface area contributed by atoms with Gasteiger partial charge in [-0.3, -0.25) is 4.79 Å². The molecule has 1 amide bonds. The minimum Gasteiger partial charge on any atom is -0.497 e. The monoisotopic (exact) mass is 263 g/mol. The zero-order valence-corrected chi connectivity index (χ0v) is 11.6. The van der Waals surface area contributed by atoms with Crippen LogP contribution in [0, 0.1) is 0 Å². The third-order valence-corrected chi connectivity index (χ3v) is 2.93. The molecule has 0 aliphatic heterocycles. The standard InChI is InChI=1S/C15H21NO3/c1-4-15(2,18)11-16-14(17)9-8-12-6-5-7-13(10-12)19-3/h5-10,18H,4,11H2,1-3H3,(H,16,17). The molecule has 1 rings (SSSR count). The molecule has 1 atom stereocenters. The van der Waals surface area contributed by atoms with Crippen LogP contribution in [0.1, 0.15) is 25.8 Å². The highest BCUT2D eigenvalue weighted by molar-refractivity contribution is 5.91. The lowest BCUT2D eigenvalue weighted by atomic mass is 10.0. The maximum absolute atomic E-state index is 11.6. The minimum atomic E-state index is -0.862. The van der Waals surface area contributed by atoms with E-state index in [9.17, 15) is 9.90 Å². The molecule has 1 unspecified atom stereocenters. The van der Waals surface area contributed by atoms with Crippen molar-refractivity contribution in [3.63, 3.8) is 0 Å². The largest absolute Gasteiger partial charge is 0.497 e. The number of ether oxygens (including phenoxy) is 1. The van der Waals surface area contributed by atoms with E-state index in [1.807, 2.05) is 31.2 Å². The maximum atomic E-state index is 11.6. The SMILES string of the molecule is CCC(C)(O)CNC(=O)C=Cc1cccc(OC)c1. The van der Waals surface area contributed by atoms with E-state index in [2.05, 4.69) is 5.32 Å². The highest BCUT2D eigenvalue weighted by Gasteiger charge is 2.17. The number of carbonyl (C=O) groups is 1. The van der Waals surface area contributed by atoms with Crippen molar-refractivity contribution >= 4 is 12.0 Å². The summed E-state index contributed by atoms with van der Waals surface area (Å²) in [6.07, 6.45) is 3.74. The fourth-order valence-electron chi connectivity index (χ4n) is 1.38. The predicted octanol–water partition coefficient (Wildman–Crippen LogP) is 1.99. The molecule has 0 spiro atoms. The van der Waals surface area contributed by atoms with Crippen molar-refractivity contribution in [3.8, 4) is 5.75 Å². The number of methoxy groups -OCH3 is 1. The zero-order valence-electron chi connectivity index (χ0n) is 11.6. The summed E-state index contributed by atoms with van der Waals surface area (Å²) >= 11 is 0. The van der Waals surface area contributed by atoms with Crippen molar-refractivity contribution in [3.05, 3.63) is 35.9 Å². The number of carbonyl (C=O) groups excluding carboxylic acids is 1. The number of amides is 1. The van der Waals surface area contributed by atoms with Gasteiger partial charge in [0.05, 0.1) is 12.7 Å². The molecule has 0 saturated carbocycles. The molecule has 0 bridgehead atoms. The first-order valence-electron chi connectivity index (χ1n) is 6.29. The van der Waals surface area contributed by atoms with Crippen molar-refractivity contribution in [1.29, 1.82) is 0 Å². The van der Waals surface area contributed by atoms with Crippen LogP contribution in [0.3, 0.4) is 0 Å². The summed E-state index contributed by atoms with van der Waals surface area (Å²) in [6, 6.07) is 7.43. The van der Waals surface area contributed by atoms with E-state index >= 15 is 0 Å². The van der Waals surface area contributed by atoms with Gasteiger partial charge in [-0.15, -0.1) is 0 Å². The first-order valence-corrected chi connectivity index (χ1v) is 6.29. The van der Waals surface area contributed by atoms with Gasteiger partial charge in [-0.1, -0.05) is 19.1 Å². The van der Waals surface area contributed by atoms with Gasteiger partial charge in [0, 0.05) is 12.6 Å². The average Bonchev–Trinajstić information content (AvgIpc) is 2.43. The van der Waals surface area contributed by atoms with Gasteiger partial charge in [-0.05, 0) is 37.1 Å². The van der Waals surface area contributed by atoms with E-state index in [0.717, 1.165) is 11.3 Å². The lowest BCUT2D eigenvalue weighted by Gasteiger charge is -2.20. The van der Waals surface area contributed by atoms with E-state index < -0.39 is 5.60 Å². The van der Waals surface area contributed by atoms with Gasteiger partial charge in [-0.2, -0.15) is 0 Å². The van der Waals surface area contributed by atoms with Crippen molar-refractivity contribution in [2.45, 2.75) is 25.9 Å². The number of hydrogen-bond acceptors (Lipinski definition) is 3. The number of benzene rings is 1. The Morgan fingerprint density at radius 1 is 1.53 bits per heavy atom. The van der Waals surface area contributed by atoms with Crippen molar-refractivity contribution in [2.24, 2.45) is 0 Å². The molecule has 0 radical (unpaired) electrons. The fourth-order valence-corrected chi connectivity index (χ4v) is 1.38. The molecule has 2 N–H and O–H groups in total. The van der Waals surface area contributed by atoms with Crippen LogP contribution in [-0.2, 0) is 4.79 Å². The molecule has 104 valence electrons. The second-order valence-corrected chi connectivity index (χ2v) is 4.68. The second-order valence-electron chi connectivity index (χ2n) is 4.68. The van der Waals surface area contributed by atoms with E-state index in [-0.39, 0.29) is 12.5 Å². The molecule has 4 heteroatoms. The lowest BCUT2D eigenvalue weighted by Crippen LogP contribution is -2.39. The van der Waals surface area contributed by atoms with Gasteiger partial charge in [0.25, 0.3) is 0 Å². The van der Waals surface area contributed by atoms with Crippen molar-refractivity contribution in [1.82, 2.24) is 5.32 Å².